The van der Waals surface area contributed by atoms with E-state index in [9.17, 15) is 4.79 Å². The highest BCUT2D eigenvalue weighted by Gasteiger charge is 2.11. The van der Waals surface area contributed by atoms with Crippen LogP contribution in [0.1, 0.15) is 34.1 Å². The number of likely N-dealkylation sites (N-methyl/N-ethyl adjacent to an activating group) is 2. The first-order valence-electron chi connectivity index (χ1n) is 6.70. The maximum Gasteiger partial charge on any atom is 0.236 e. The molecule has 0 aliphatic carbocycles. The summed E-state index contributed by atoms with van der Waals surface area (Å²) in [5, 5.41) is 3.38. The van der Waals surface area contributed by atoms with Crippen LogP contribution in [0.4, 0.5) is 0 Å². The zero-order chi connectivity index (χ0) is 13.3. The molecule has 0 aromatic carbocycles. The van der Waals surface area contributed by atoms with Crippen LogP contribution in [0.2, 0.25) is 0 Å². The first-order valence-corrected chi connectivity index (χ1v) is 6.70. The van der Waals surface area contributed by atoms with Crippen LogP contribution in [-0.4, -0.2) is 61.5 Å². The second kappa shape index (κ2) is 9.42. The summed E-state index contributed by atoms with van der Waals surface area (Å²) < 4.78 is 0. The lowest BCUT2D eigenvalue weighted by atomic mass is 10.3. The molecule has 0 fully saturated rings. The van der Waals surface area contributed by atoms with Crippen molar-refractivity contribution >= 4 is 5.91 Å². The molecule has 0 saturated carbocycles. The molecule has 0 aromatic heterocycles. The average molecular weight is 243 g/mol. The summed E-state index contributed by atoms with van der Waals surface area (Å²) >= 11 is 0. The summed E-state index contributed by atoms with van der Waals surface area (Å²) in [5.74, 6) is 0.231. The van der Waals surface area contributed by atoms with Crippen molar-refractivity contribution in [2.45, 2.75) is 40.2 Å². The van der Waals surface area contributed by atoms with E-state index in [1.807, 2.05) is 25.8 Å². The predicted molar refractivity (Wildman–Crippen MR) is 73.2 cm³/mol. The van der Waals surface area contributed by atoms with Gasteiger partial charge in [-0.15, -0.1) is 0 Å². The van der Waals surface area contributed by atoms with Gasteiger partial charge < -0.3 is 10.2 Å². The molecule has 0 rings (SSSR count). The molecule has 0 spiro atoms. The number of carbonyl (C=O) groups is 1. The van der Waals surface area contributed by atoms with Crippen molar-refractivity contribution in [3.63, 3.8) is 0 Å². The van der Waals surface area contributed by atoms with Gasteiger partial charge in [0, 0.05) is 19.1 Å². The third-order valence-electron chi connectivity index (χ3n) is 2.79. The van der Waals surface area contributed by atoms with Crippen molar-refractivity contribution in [3.05, 3.63) is 0 Å². The molecule has 0 aromatic rings. The Bertz CT molecular complexity index is 203. The molecule has 0 radical (unpaired) electrons. The highest BCUT2D eigenvalue weighted by atomic mass is 16.2. The van der Waals surface area contributed by atoms with Gasteiger partial charge >= 0.3 is 0 Å². The molecular formula is C13H29N3O. The molecule has 0 unspecified atom stereocenters. The number of hydrogen-bond donors (Lipinski definition) is 1. The Labute approximate surface area is 106 Å². The molecular weight excluding hydrogens is 214 g/mol. The third kappa shape index (κ3) is 8.16. The monoisotopic (exact) mass is 243 g/mol. The van der Waals surface area contributed by atoms with Crippen LogP contribution in [-0.2, 0) is 4.79 Å². The first-order chi connectivity index (χ1) is 8.01. The summed E-state index contributed by atoms with van der Waals surface area (Å²) in [6.45, 7) is 12.5. The van der Waals surface area contributed by atoms with Crippen molar-refractivity contribution in [2.24, 2.45) is 0 Å². The van der Waals surface area contributed by atoms with E-state index in [0.29, 0.717) is 12.6 Å². The van der Waals surface area contributed by atoms with Crippen molar-refractivity contribution in [1.29, 1.82) is 0 Å². The molecule has 17 heavy (non-hydrogen) atoms. The Morgan fingerprint density at radius 1 is 1.24 bits per heavy atom. The van der Waals surface area contributed by atoms with Crippen LogP contribution in [0.5, 0.6) is 0 Å². The minimum absolute atomic E-state index is 0.231. The van der Waals surface area contributed by atoms with Gasteiger partial charge in [-0.3, -0.25) is 9.69 Å². The maximum absolute atomic E-state index is 11.8. The van der Waals surface area contributed by atoms with Crippen LogP contribution in [0, 0.1) is 0 Å². The van der Waals surface area contributed by atoms with E-state index in [2.05, 4.69) is 24.1 Å². The molecule has 4 nitrogen and oxygen atoms in total. The standard InChI is InChI=1S/C13H29N3O/c1-6-16(7-2)13(17)11-15(5)10-8-9-14-12(3)4/h12,14H,6-11H2,1-5H3. The number of amides is 1. The van der Waals surface area contributed by atoms with Crippen molar-refractivity contribution in [3.8, 4) is 0 Å². The van der Waals surface area contributed by atoms with Gasteiger partial charge in [-0.05, 0) is 40.4 Å². The number of nitrogens with zero attached hydrogens (tertiary/aromatic N) is 2. The molecule has 102 valence electrons. The van der Waals surface area contributed by atoms with Gasteiger partial charge in [-0.1, -0.05) is 13.8 Å². The van der Waals surface area contributed by atoms with E-state index in [1.165, 1.54) is 0 Å². The van der Waals surface area contributed by atoms with E-state index in [1.54, 1.807) is 0 Å². The minimum Gasteiger partial charge on any atom is -0.342 e. The smallest absolute Gasteiger partial charge is 0.236 e. The highest BCUT2D eigenvalue weighted by Crippen LogP contribution is 1.93. The molecule has 0 bridgehead atoms. The average Bonchev–Trinajstić information content (AvgIpc) is 2.25. The molecule has 0 aliphatic heterocycles. The van der Waals surface area contributed by atoms with Crippen LogP contribution < -0.4 is 5.32 Å². The van der Waals surface area contributed by atoms with E-state index >= 15 is 0 Å². The second-order valence-corrected chi connectivity index (χ2v) is 4.77. The van der Waals surface area contributed by atoms with Crippen molar-refractivity contribution in [1.82, 2.24) is 15.1 Å². The van der Waals surface area contributed by atoms with E-state index in [0.717, 1.165) is 32.6 Å². The maximum atomic E-state index is 11.8. The molecule has 1 N–H and O–H groups in total. The largest absolute Gasteiger partial charge is 0.342 e. The predicted octanol–water partition coefficient (Wildman–Crippen LogP) is 1.17. The Morgan fingerprint density at radius 2 is 1.82 bits per heavy atom. The number of carbonyl (C=O) groups excluding carboxylic acids is 1. The van der Waals surface area contributed by atoms with Crippen LogP contribution >= 0.6 is 0 Å². The number of nitrogens with one attached hydrogen (secondary N) is 1. The molecule has 0 saturated heterocycles. The van der Waals surface area contributed by atoms with Gasteiger partial charge in [0.2, 0.25) is 5.91 Å². The lowest BCUT2D eigenvalue weighted by Gasteiger charge is -2.23. The molecule has 0 aliphatic rings. The van der Waals surface area contributed by atoms with E-state index in [4.69, 9.17) is 0 Å². The fourth-order valence-corrected chi connectivity index (χ4v) is 1.73. The van der Waals surface area contributed by atoms with Gasteiger partial charge in [0.1, 0.15) is 0 Å². The highest BCUT2D eigenvalue weighted by molar-refractivity contribution is 5.78. The van der Waals surface area contributed by atoms with Gasteiger partial charge in [0.25, 0.3) is 0 Å². The fraction of sp³-hybridized carbons (Fsp3) is 0.923. The molecule has 4 heteroatoms. The van der Waals surface area contributed by atoms with Crippen LogP contribution in [0.3, 0.4) is 0 Å². The molecule has 0 heterocycles. The van der Waals surface area contributed by atoms with Gasteiger partial charge in [0.15, 0.2) is 0 Å². The summed E-state index contributed by atoms with van der Waals surface area (Å²) in [6, 6.07) is 0.539. The fourth-order valence-electron chi connectivity index (χ4n) is 1.73. The minimum atomic E-state index is 0.231. The zero-order valence-electron chi connectivity index (χ0n) is 12.1. The molecule has 1 amide bonds. The Hall–Kier alpha value is -0.610. The topological polar surface area (TPSA) is 35.6 Å². The lowest BCUT2D eigenvalue weighted by molar-refractivity contribution is -0.131. The van der Waals surface area contributed by atoms with Gasteiger partial charge in [0.05, 0.1) is 6.54 Å². The quantitative estimate of drug-likeness (QED) is 0.618. The van der Waals surface area contributed by atoms with Gasteiger partial charge in [-0.25, -0.2) is 0 Å². The van der Waals surface area contributed by atoms with Crippen molar-refractivity contribution in [2.75, 3.05) is 39.8 Å². The Morgan fingerprint density at radius 3 is 2.29 bits per heavy atom. The third-order valence-corrected chi connectivity index (χ3v) is 2.79. The SMILES string of the molecule is CCN(CC)C(=O)CN(C)CCCNC(C)C. The van der Waals surface area contributed by atoms with E-state index in [-0.39, 0.29) is 5.91 Å². The Balaban J connectivity index is 3.70. The second-order valence-electron chi connectivity index (χ2n) is 4.77. The summed E-state index contributed by atoms with van der Waals surface area (Å²) in [5.41, 5.74) is 0. The summed E-state index contributed by atoms with van der Waals surface area (Å²) in [6.07, 6.45) is 1.08. The van der Waals surface area contributed by atoms with Crippen molar-refractivity contribution < 1.29 is 4.79 Å². The normalized spacial score (nSPS) is 11.2. The zero-order valence-corrected chi connectivity index (χ0v) is 12.1. The van der Waals surface area contributed by atoms with Gasteiger partial charge in [-0.2, -0.15) is 0 Å². The summed E-state index contributed by atoms with van der Waals surface area (Å²) in [4.78, 5) is 15.8. The Kier molecular flexibility index (Phi) is 9.09. The van der Waals surface area contributed by atoms with Crippen LogP contribution in [0.25, 0.3) is 0 Å². The number of hydrogen-bond acceptors (Lipinski definition) is 3. The number of rotatable bonds is 9. The first kappa shape index (κ1) is 16.4. The lowest BCUT2D eigenvalue weighted by Crippen LogP contribution is -2.39. The molecule has 0 atom stereocenters. The van der Waals surface area contributed by atoms with E-state index < -0.39 is 0 Å². The van der Waals surface area contributed by atoms with Crippen LogP contribution in [0.15, 0.2) is 0 Å². The summed E-state index contributed by atoms with van der Waals surface area (Å²) in [7, 11) is 2.01.